The SMILES string of the molecule is COc1cc(F)cc(CN=C(N)NC2CCCCCC2)c1.I. The second kappa shape index (κ2) is 9.86. The van der Waals surface area contributed by atoms with Crippen LogP contribution < -0.4 is 15.8 Å². The number of nitrogens with zero attached hydrogens (tertiary/aromatic N) is 1. The Hall–Kier alpha value is -1.05. The molecule has 124 valence electrons. The van der Waals surface area contributed by atoms with Crippen LogP contribution in [0.1, 0.15) is 44.1 Å². The third-order valence-electron chi connectivity index (χ3n) is 3.81. The third kappa shape index (κ3) is 6.37. The molecule has 1 saturated carbocycles. The molecule has 0 unspecified atom stereocenters. The van der Waals surface area contributed by atoms with Crippen molar-refractivity contribution in [3.8, 4) is 5.75 Å². The lowest BCUT2D eigenvalue weighted by atomic mass is 10.1. The van der Waals surface area contributed by atoms with Crippen LogP contribution in [0.5, 0.6) is 5.75 Å². The van der Waals surface area contributed by atoms with Crippen LogP contribution in [0, 0.1) is 5.82 Å². The van der Waals surface area contributed by atoms with Crippen molar-refractivity contribution in [2.45, 2.75) is 51.1 Å². The molecule has 4 nitrogen and oxygen atoms in total. The number of guanidine groups is 1. The highest BCUT2D eigenvalue weighted by Crippen LogP contribution is 2.18. The molecule has 0 heterocycles. The van der Waals surface area contributed by atoms with Crippen LogP contribution in [0.3, 0.4) is 0 Å². The normalized spacial score (nSPS) is 16.5. The first-order chi connectivity index (χ1) is 10.2. The quantitative estimate of drug-likeness (QED) is 0.338. The van der Waals surface area contributed by atoms with E-state index in [4.69, 9.17) is 10.5 Å². The average molecular weight is 421 g/mol. The van der Waals surface area contributed by atoms with Crippen molar-refractivity contribution < 1.29 is 9.13 Å². The van der Waals surface area contributed by atoms with Gasteiger partial charge in [0.1, 0.15) is 11.6 Å². The zero-order chi connectivity index (χ0) is 15.1. The standard InChI is InChI=1S/C16H24FN3O.HI/c1-21-15-9-12(8-13(17)10-15)11-19-16(18)20-14-6-4-2-3-5-7-14;/h8-10,14H,2-7,11H2,1H3,(H3,18,19,20);1H. The van der Waals surface area contributed by atoms with Gasteiger partial charge >= 0.3 is 0 Å². The lowest BCUT2D eigenvalue weighted by molar-refractivity contribution is 0.410. The van der Waals surface area contributed by atoms with Crippen molar-refractivity contribution in [1.82, 2.24) is 5.32 Å². The Balaban J connectivity index is 0.00000242. The van der Waals surface area contributed by atoms with Gasteiger partial charge in [-0.2, -0.15) is 0 Å². The maximum absolute atomic E-state index is 13.4. The molecule has 0 amide bonds. The first-order valence-corrected chi connectivity index (χ1v) is 7.57. The fraction of sp³-hybridized carbons (Fsp3) is 0.562. The van der Waals surface area contributed by atoms with Gasteiger partial charge in [-0.05, 0) is 30.5 Å². The molecular formula is C16H25FIN3O. The predicted octanol–water partition coefficient (Wildman–Crippen LogP) is 3.58. The van der Waals surface area contributed by atoms with Crippen molar-refractivity contribution in [2.24, 2.45) is 10.7 Å². The molecule has 6 heteroatoms. The number of aliphatic imine (C=N–C) groups is 1. The molecule has 2 rings (SSSR count). The van der Waals surface area contributed by atoms with E-state index in [1.807, 2.05) is 0 Å². The summed E-state index contributed by atoms with van der Waals surface area (Å²) in [5.74, 6) is 0.607. The number of benzene rings is 1. The van der Waals surface area contributed by atoms with Gasteiger partial charge in [0.25, 0.3) is 0 Å². The van der Waals surface area contributed by atoms with Gasteiger partial charge in [-0.25, -0.2) is 9.38 Å². The number of halogens is 2. The van der Waals surface area contributed by atoms with Crippen molar-refractivity contribution in [1.29, 1.82) is 0 Å². The van der Waals surface area contributed by atoms with Crippen LogP contribution in [-0.2, 0) is 6.54 Å². The lowest BCUT2D eigenvalue weighted by Gasteiger charge is -2.16. The van der Waals surface area contributed by atoms with Gasteiger partial charge in [0.05, 0.1) is 13.7 Å². The van der Waals surface area contributed by atoms with Gasteiger partial charge in [-0.3, -0.25) is 0 Å². The highest BCUT2D eigenvalue weighted by molar-refractivity contribution is 14.0. The molecule has 0 radical (unpaired) electrons. The fourth-order valence-corrected chi connectivity index (χ4v) is 2.68. The Morgan fingerprint density at radius 2 is 1.95 bits per heavy atom. The number of hydrogen-bond acceptors (Lipinski definition) is 2. The second-order valence-electron chi connectivity index (χ2n) is 5.53. The van der Waals surface area contributed by atoms with Crippen molar-refractivity contribution >= 4 is 29.9 Å². The monoisotopic (exact) mass is 421 g/mol. The lowest BCUT2D eigenvalue weighted by Crippen LogP contribution is -2.39. The molecule has 1 aromatic carbocycles. The van der Waals surface area contributed by atoms with Crippen LogP contribution >= 0.6 is 24.0 Å². The van der Waals surface area contributed by atoms with Crippen molar-refractivity contribution in [3.63, 3.8) is 0 Å². The molecule has 22 heavy (non-hydrogen) atoms. The van der Waals surface area contributed by atoms with Gasteiger partial charge < -0.3 is 15.8 Å². The molecule has 0 aliphatic heterocycles. The fourth-order valence-electron chi connectivity index (χ4n) is 2.68. The Kier molecular flexibility index (Phi) is 8.52. The summed E-state index contributed by atoms with van der Waals surface area (Å²) >= 11 is 0. The molecule has 3 N–H and O–H groups in total. The minimum atomic E-state index is -0.324. The molecule has 1 aromatic rings. The van der Waals surface area contributed by atoms with Gasteiger partial charge in [0, 0.05) is 12.1 Å². The van der Waals surface area contributed by atoms with Gasteiger partial charge in [-0.1, -0.05) is 25.7 Å². The second-order valence-corrected chi connectivity index (χ2v) is 5.53. The predicted molar refractivity (Wildman–Crippen MR) is 98.3 cm³/mol. The maximum atomic E-state index is 13.4. The molecule has 1 aliphatic carbocycles. The number of nitrogens with two attached hydrogens (primary N) is 1. The van der Waals surface area contributed by atoms with Crippen LogP contribution in [0.2, 0.25) is 0 Å². The average Bonchev–Trinajstić information content (AvgIpc) is 2.73. The van der Waals surface area contributed by atoms with Gasteiger partial charge in [0.15, 0.2) is 5.96 Å². The topological polar surface area (TPSA) is 59.6 Å². The van der Waals surface area contributed by atoms with E-state index in [9.17, 15) is 4.39 Å². The van der Waals surface area contributed by atoms with Crippen LogP contribution in [-0.4, -0.2) is 19.1 Å². The van der Waals surface area contributed by atoms with Crippen molar-refractivity contribution in [3.05, 3.63) is 29.6 Å². The highest BCUT2D eigenvalue weighted by atomic mass is 127. The highest BCUT2D eigenvalue weighted by Gasteiger charge is 2.12. The Morgan fingerprint density at radius 3 is 2.59 bits per heavy atom. The van der Waals surface area contributed by atoms with Crippen LogP contribution in [0.25, 0.3) is 0 Å². The molecule has 0 spiro atoms. The van der Waals surface area contributed by atoms with E-state index < -0.39 is 0 Å². The Morgan fingerprint density at radius 1 is 1.27 bits per heavy atom. The number of rotatable bonds is 4. The third-order valence-corrected chi connectivity index (χ3v) is 3.81. The van der Waals surface area contributed by atoms with E-state index >= 15 is 0 Å². The molecule has 0 atom stereocenters. The molecular weight excluding hydrogens is 396 g/mol. The number of nitrogens with one attached hydrogen (secondary N) is 1. The van der Waals surface area contributed by atoms with E-state index in [0.29, 0.717) is 24.3 Å². The molecule has 0 saturated heterocycles. The summed E-state index contributed by atoms with van der Waals surface area (Å²) in [6, 6.07) is 4.98. The zero-order valence-corrected chi connectivity index (χ0v) is 15.3. The zero-order valence-electron chi connectivity index (χ0n) is 13.0. The summed E-state index contributed by atoms with van der Waals surface area (Å²) in [5, 5.41) is 3.28. The molecule has 1 fully saturated rings. The number of hydrogen-bond donors (Lipinski definition) is 2. The van der Waals surface area contributed by atoms with Crippen LogP contribution in [0.15, 0.2) is 23.2 Å². The van der Waals surface area contributed by atoms with Crippen molar-refractivity contribution in [2.75, 3.05) is 7.11 Å². The molecule has 1 aliphatic rings. The van der Waals surface area contributed by atoms with E-state index in [1.165, 1.54) is 44.9 Å². The minimum absolute atomic E-state index is 0. The van der Waals surface area contributed by atoms with E-state index in [-0.39, 0.29) is 29.8 Å². The molecule has 0 aromatic heterocycles. The first kappa shape index (κ1) is 19.0. The Labute approximate surface area is 148 Å². The molecule has 0 bridgehead atoms. The summed E-state index contributed by atoms with van der Waals surface area (Å²) in [5.41, 5.74) is 6.67. The van der Waals surface area contributed by atoms with Gasteiger partial charge in [0.2, 0.25) is 0 Å². The minimum Gasteiger partial charge on any atom is -0.497 e. The van der Waals surface area contributed by atoms with Crippen LogP contribution in [0.4, 0.5) is 4.39 Å². The smallest absolute Gasteiger partial charge is 0.189 e. The van der Waals surface area contributed by atoms with Gasteiger partial charge in [-0.15, -0.1) is 24.0 Å². The summed E-state index contributed by atoms with van der Waals surface area (Å²) in [6.07, 6.45) is 7.38. The first-order valence-electron chi connectivity index (χ1n) is 7.57. The number of ether oxygens (including phenoxy) is 1. The van der Waals surface area contributed by atoms with E-state index in [0.717, 1.165) is 18.4 Å². The summed E-state index contributed by atoms with van der Waals surface area (Å²) in [6.45, 7) is 0.347. The Bertz CT molecular complexity index is 488. The summed E-state index contributed by atoms with van der Waals surface area (Å²) in [4.78, 5) is 4.30. The summed E-state index contributed by atoms with van der Waals surface area (Å²) in [7, 11) is 1.52. The van der Waals surface area contributed by atoms with E-state index in [1.54, 1.807) is 6.07 Å². The largest absolute Gasteiger partial charge is 0.497 e. The van der Waals surface area contributed by atoms with E-state index in [2.05, 4.69) is 10.3 Å². The number of methoxy groups -OCH3 is 1. The summed E-state index contributed by atoms with van der Waals surface area (Å²) < 4.78 is 18.4. The maximum Gasteiger partial charge on any atom is 0.189 e.